The van der Waals surface area contributed by atoms with Crippen molar-refractivity contribution in [2.24, 2.45) is 0 Å². The lowest BCUT2D eigenvalue weighted by molar-refractivity contribution is -0.0502. The third-order valence-corrected chi connectivity index (χ3v) is 10.4. The third kappa shape index (κ3) is 4.26. The number of H-pyrrole nitrogens is 1. The molecule has 1 aromatic rings. The Labute approximate surface area is 162 Å². The van der Waals surface area contributed by atoms with E-state index in [0.717, 1.165) is 0 Å². The SMILES string of the molecule is CO[C@@H]1[C@H](O[Si](C)(C)C(C)(C)C)[C@@H](CI)O[C@H]1n1ccc(=O)[nH]c1=O. The van der Waals surface area contributed by atoms with Gasteiger partial charge in [-0.15, -0.1) is 0 Å². The van der Waals surface area contributed by atoms with Crippen molar-refractivity contribution in [3.8, 4) is 0 Å². The van der Waals surface area contributed by atoms with Crippen LogP contribution in [0.25, 0.3) is 0 Å². The van der Waals surface area contributed by atoms with Crippen molar-refractivity contribution in [2.75, 3.05) is 11.5 Å². The van der Waals surface area contributed by atoms with Gasteiger partial charge in [0.25, 0.3) is 5.56 Å². The number of rotatable bonds is 5. The first-order chi connectivity index (χ1) is 11.5. The molecule has 0 unspecified atom stereocenters. The molecule has 0 saturated carbocycles. The second-order valence-corrected chi connectivity index (χ2v) is 13.4. The first-order valence-electron chi connectivity index (χ1n) is 8.25. The molecular formula is C16H27IN2O5Si. The summed E-state index contributed by atoms with van der Waals surface area (Å²) in [6.45, 7) is 10.9. The maximum Gasteiger partial charge on any atom is 0.330 e. The van der Waals surface area contributed by atoms with Gasteiger partial charge < -0.3 is 13.9 Å². The standard InChI is InChI=1S/C16H27IN2O5Si/c1-16(2,3)25(5,6)24-12-10(9-17)23-14(13(12)22-4)19-8-7-11(20)18-15(19)21/h7-8,10,12-14H,9H2,1-6H3,(H,18,20,21)/t10-,12-,13-,14-/m1/s1. The Bertz CT molecular complexity index is 711. The van der Waals surface area contributed by atoms with Gasteiger partial charge in [0.05, 0.1) is 6.10 Å². The Morgan fingerprint density at radius 3 is 2.44 bits per heavy atom. The average molecular weight is 482 g/mol. The van der Waals surface area contributed by atoms with E-state index in [2.05, 4.69) is 61.4 Å². The molecule has 0 bridgehead atoms. The summed E-state index contributed by atoms with van der Waals surface area (Å²) in [4.78, 5) is 25.8. The highest BCUT2D eigenvalue weighted by atomic mass is 127. The van der Waals surface area contributed by atoms with Crippen LogP contribution in [-0.2, 0) is 13.9 Å². The van der Waals surface area contributed by atoms with Gasteiger partial charge in [0.2, 0.25) is 0 Å². The fraction of sp³-hybridized carbons (Fsp3) is 0.750. The van der Waals surface area contributed by atoms with E-state index < -0.39 is 31.9 Å². The van der Waals surface area contributed by atoms with E-state index in [1.165, 1.54) is 16.8 Å². The average Bonchev–Trinajstić information content (AvgIpc) is 2.82. The van der Waals surface area contributed by atoms with Crippen LogP contribution >= 0.6 is 22.6 Å². The monoisotopic (exact) mass is 482 g/mol. The van der Waals surface area contributed by atoms with Crippen LogP contribution in [0.3, 0.4) is 0 Å². The summed E-state index contributed by atoms with van der Waals surface area (Å²) in [5, 5.41) is 0.0496. The van der Waals surface area contributed by atoms with Gasteiger partial charge in [-0.05, 0) is 18.1 Å². The highest BCUT2D eigenvalue weighted by Crippen LogP contribution is 2.42. The molecule has 9 heteroatoms. The maximum absolute atomic E-state index is 12.2. The molecule has 2 rings (SSSR count). The number of methoxy groups -OCH3 is 1. The van der Waals surface area contributed by atoms with Gasteiger partial charge in [0.15, 0.2) is 14.5 Å². The molecule has 142 valence electrons. The number of alkyl halides is 1. The minimum Gasteiger partial charge on any atom is -0.408 e. The second kappa shape index (κ2) is 7.63. The van der Waals surface area contributed by atoms with Crippen LogP contribution < -0.4 is 11.2 Å². The Kier molecular flexibility index (Phi) is 6.35. The van der Waals surface area contributed by atoms with Crippen LogP contribution in [0.2, 0.25) is 18.1 Å². The van der Waals surface area contributed by atoms with E-state index >= 15 is 0 Å². The molecule has 0 spiro atoms. The molecule has 1 N–H and O–H groups in total. The van der Waals surface area contributed by atoms with Gasteiger partial charge in [-0.2, -0.15) is 0 Å². The summed E-state index contributed by atoms with van der Waals surface area (Å²) in [5.74, 6) is 0. The Balaban J connectivity index is 2.38. The van der Waals surface area contributed by atoms with E-state index in [-0.39, 0.29) is 17.2 Å². The van der Waals surface area contributed by atoms with Crippen molar-refractivity contribution in [3.05, 3.63) is 33.1 Å². The van der Waals surface area contributed by atoms with Crippen LogP contribution in [0.5, 0.6) is 0 Å². The zero-order valence-electron chi connectivity index (χ0n) is 15.5. The van der Waals surface area contributed by atoms with Crippen molar-refractivity contribution in [2.45, 2.75) is 63.4 Å². The van der Waals surface area contributed by atoms with Gasteiger partial charge in [0.1, 0.15) is 12.2 Å². The molecule has 0 aliphatic carbocycles. The van der Waals surface area contributed by atoms with Crippen LogP contribution in [0.1, 0.15) is 27.0 Å². The van der Waals surface area contributed by atoms with E-state index in [1.807, 2.05) is 0 Å². The number of nitrogens with zero attached hydrogens (tertiary/aromatic N) is 1. The predicted octanol–water partition coefficient (Wildman–Crippen LogP) is 2.27. The van der Waals surface area contributed by atoms with Gasteiger partial charge in [-0.3, -0.25) is 14.3 Å². The van der Waals surface area contributed by atoms with Crippen molar-refractivity contribution >= 4 is 30.9 Å². The van der Waals surface area contributed by atoms with Crippen LogP contribution in [-0.4, -0.2) is 47.7 Å². The normalized spacial score (nSPS) is 27.6. The molecule has 4 atom stereocenters. The summed E-state index contributed by atoms with van der Waals surface area (Å²) < 4.78 is 20.4. The smallest absolute Gasteiger partial charge is 0.330 e. The number of aromatic nitrogens is 2. The second-order valence-electron chi connectivity index (χ2n) is 7.78. The maximum atomic E-state index is 12.2. The van der Waals surface area contributed by atoms with Gasteiger partial charge in [0, 0.05) is 23.8 Å². The molecule has 1 aliphatic heterocycles. The lowest BCUT2D eigenvalue weighted by atomic mass is 10.1. The molecule has 2 heterocycles. The molecule has 1 aromatic heterocycles. The van der Waals surface area contributed by atoms with E-state index in [9.17, 15) is 9.59 Å². The molecule has 1 aliphatic rings. The largest absolute Gasteiger partial charge is 0.408 e. The van der Waals surface area contributed by atoms with Crippen LogP contribution in [0.15, 0.2) is 21.9 Å². The fourth-order valence-corrected chi connectivity index (χ4v) is 4.62. The highest BCUT2D eigenvalue weighted by molar-refractivity contribution is 14.1. The lowest BCUT2D eigenvalue weighted by Gasteiger charge is -2.40. The first-order valence-corrected chi connectivity index (χ1v) is 12.7. The Morgan fingerprint density at radius 2 is 1.96 bits per heavy atom. The molecule has 7 nitrogen and oxygen atoms in total. The fourth-order valence-electron chi connectivity index (χ4n) is 2.59. The number of ether oxygens (including phenoxy) is 2. The molecular weight excluding hydrogens is 455 g/mol. The molecule has 0 radical (unpaired) electrons. The van der Waals surface area contributed by atoms with Crippen molar-refractivity contribution in [1.29, 1.82) is 0 Å². The number of hydrogen-bond donors (Lipinski definition) is 1. The third-order valence-electron chi connectivity index (χ3n) is 5.07. The van der Waals surface area contributed by atoms with E-state index in [1.54, 1.807) is 7.11 Å². The number of aromatic amines is 1. The zero-order chi connectivity index (χ0) is 19.0. The van der Waals surface area contributed by atoms with Crippen LogP contribution in [0.4, 0.5) is 0 Å². The van der Waals surface area contributed by atoms with E-state index in [0.29, 0.717) is 4.43 Å². The molecule has 1 fully saturated rings. The lowest BCUT2D eigenvalue weighted by Crippen LogP contribution is -2.50. The van der Waals surface area contributed by atoms with Crippen molar-refractivity contribution in [1.82, 2.24) is 9.55 Å². The topological polar surface area (TPSA) is 82.6 Å². The Hall–Kier alpha value is -0.493. The van der Waals surface area contributed by atoms with Gasteiger partial charge in [-0.1, -0.05) is 43.4 Å². The minimum atomic E-state index is -2.05. The van der Waals surface area contributed by atoms with Crippen LogP contribution in [0, 0.1) is 0 Å². The quantitative estimate of drug-likeness (QED) is 0.396. The Morgan fingerprint density at radius 1 is 1.32 bits per heavy atom. The summed E-state index contributed by atoms with van der Waals surface area (Å²) >= 11 is 2.26. The van der Waals surface area contributed by atoms with Gasteiger partial charge >= 0.3 is 5.69 Å². The summed E-state index contributed by atoms with van der Waals surface area (Å²) in [7, 11) is -0.455. The van der Waals surface area contributed by atoms with Gasteiger partial charge in [-0.25, -0.2) is 4.79 Å². The summed E-state index contributed by atoms with van der Waals surface area (Å²) in [5.41, 5.74) is -0.951. The zero-order valence-corrected chi connectivity index (χ0v) is 18.7. The highest BCUT2D eigenvalue weighted by Gasteiger charge is 2.50. The molecule has 0 amide bonds. The summed E-state index contributed by atoms with van der Waals surface area (Å²) in [6, 6.07) is 1.30. The summed E-state index contributed by atoms with van der Waals surface area (Å²) in [6.07, 6.45) is -0.0897. The molecule has 25 heavy (non-hydrogen) atoms. The van der Waals surface area contributed by atoms with E-state index in [4.69, 9.17) is 13.9 Å². The minimum absolute atomic E-state index is 0.0496. The number of nitrogens with one attached hydrogen (secondary N) is 1. The first kappa shape index (κ1) is 20.8. The van der Waals surface area contributed by atoms with Crippen molar-refractivity contribution < 1.29 is 13.9 Å². The molecule has 1 saturated heterocycles. The number of halogens is 1. The number of hydrogen-bond acceptors (Lipinski definition) is 5. The molecule has 0 aromatic carbocycles. The predicted molar refractivity (Wildman–Crippen MR) is 107 cm³/mol. The van der Waals surface area contributed by atoms with Crippen molar-refractivity contribution in [3.63, 3.8) is 0 Å².